The number of nitrogens with one attached hydrogen (secondary N) is 1. The van der Waals surface area contributed by atoms with Crippen molar-refractivity contribution >= 4 is 44.8 Å². The monoisotopic (exact) mass is 412 g/mol. The van der Waals surface area contributed by atoms with Crippen LogP contribution in [0, 0.1) is 11.3 Å². The SMILES string of the molecule is N#CCCN(Cc1cccnc1)C(=O)CNC(=O)c1sc2ccccc2c1Cl. The van der Waals surface area contributed by atoms with Gasteiger partial charge in [0, 0.05) is 35.6 Å². The number of carbonyl (C=O) groups excluding carboxylic acids is 2. The average Bonchev–Trinajstić information content (AvgIpc) is 3.06. The maximum absolute atomic E-state index is 12.6. The van der Waals surface area contributed by atoms with E-state index in [0.29, 0.717) is 16.4 Å². The summed E-state index contributed by atoms with van der Waals surface area (Å²) in [4.78, 5) is 31.1. The Morgan fingerprint density at radius 2 is 2.07 bits per heavy atom. The van der Waals surface area contributed by atoms with Gasteiger partial charge in [0.1, 0.15) is 4.88 Å². The quantitative estimate of drug-likeness (QED) is 0.642. The normalized spacial score (nSPS) is 10.4. The standard InChI is InChI=1S/C20H17ClN4O2S/c21-18-15-6-1-2-7-16(15)28-19(18)20(27)24-12-17(26)25(10-4-8-22)13-14-5-3-9-23-11-14/h1-3,5-7,9,11H,4,10,12-13H2,(H,24,27). The van der Waals surface area contributed by atoms with Crippen LogP contribution < -0.4 is 5.32 Å². The van der Waals surface area contributed by atoms with Crippen molar-refractivity contribution in [2.45, 2.75) is 13.0 Å². The summed E-state index contributed by atoms with van der Waals surface area (Å²) in [6.45, 7) is 0.437. The Labute approximate surface area is 171 Å². The van der Waals surface area contributed by atoms with E-state index in [0.717, 1.165) is 15.6 Å². The van der Waals surface area contributed by atoms with Gasteiger partial charge in [-0.15, -0.1) is 11.3 Å². The predicted octanol–water partition coefficient (Wildman–Crippen LogP) is 3.62. The van der Waals surface area contributed by atoms with Crippen LogP contribution in [0.4, 0.5) is 0 Å². The molecule has 0 spiro atoms. The van der Waals surface area contributed by atoms with Crippen molar-refractivity contribution in [2.75, 3.05) is 13.1 Å². The molecule has 2 aromatic heterocycles. The van der Waals surface area contributed by atoms with Crippen molar-refractivity contribution in [3.05, 3.63) is 64.3 Å². The number of aromatic nitrogens is 1. The Kier molecular flexibility index (Phi) is 6.58. The first-order valence-corrected chi connectivity index (χ1v) is 9.78. The molecule has 3 rings (SSSR count). The van der Waals surface area contributed by atoms with Gasteiger partial charge in [-0.25, -0.2) is 0 Å². The first kappa shape index (κ1) is 19.8. The van der Waals surface area contributed by atoms with Crippen molar-refractivity contribution in [1.82, 2.24) is 15.2 Å². The summed E-state index contributed by atoms with van der Waals surface area (Å²) in [5, 5.41) is 12.7. The third-order valence-electron chi connectivity index (χ3n) is 4.08. The van der Waals surface area contributed by atoms with Crippen molar-refractivity contribution in [3.8, 4) is 6.07 Å². The lowest BCUT2D eigenvalue weighted by atomic mass is 10.2. The van der Waals surface area contributed by atoms with E-state index >= 15 is 0 Å². The zero-order valence-corrected chi connectivity index (χ0v) is 16.5. The van der Waals surface area contributed by atoms with Crippen LogP contribution in [0.3, 0.4) is 0 Å². The van der Waals surface area contributed by atoms with Crippen LogP contribution in [0.25, 0.3) is 10.1 Å². The van der Waals surface area contributed by atoms with Gasteiger partial charge in [0.05, 0.1) is 24.1 Å². The van der Waals surface area contributed by atoms with Gasteiger partial charge in [0.2, 0.25) is 5.91 Å². The minimum Gasteiger partial charge on any atom is -0.342 e. The predicted molar refractivity (Wildman–Crippen MR) is 109 cm³/mol. The van der Waals surface area contributed by atoms with E-state index < -0.39 is 0 Å². The smallest absolute Gasteiger partial charge is 0.263 e. The van der Waals surface area contributed by atoms with Crippen molar-refractivity contribution in [3.63, 3.8) is 0 Å². The molecule has 2 heterocycles. The van der Waals surface area contributed by atoms with E-state index in [2.05, 4.69) is 10.3 Å². The molecule has 1 aromatic carbocycles. The van der Waals surface area contributed by atoms with Crippen LogP contribution in [0.2, 0.25) is 5.02 Å². The number of amides is 2. The van der Waals surface area contributed by atoms with E-state index in [1.165, 1.54) is 16.2 Å². The molecule has 28 heavy (non-hydrogen) atoms. The molecule has 0 saturated heterocycles. The fraction of sp³-hybridized carbons (Fsp3) is 0.200. The van der Waals surface area contributed by atoms with E-state index in [1.807, 2.05) is 36.4 Å². The number of halogens is 1. The topological polar surface area (TPSA) is 86.1 Å². The zero-order valence-electron chi connectivity index (χ0n) is 14.9. The number of nitriles is 1. The van der Waals surface area contributed by atoms with E-state index in [9.17, 15) is 9.59 Å². The number of carbonyl (C=O) groups is 2. The van der Waals surface area contributed by atoms with Crippen molar-refractivity contribution in [1.29, 1.82) is 5.26 Å². The molecule has 2 amide bonds. The molecule has 0 atom stereocenters. The van der Waals surface area contributed by atoms with Crippen LogP contribution in [0.5, 0.6) is 0 Å². The van der Waals surface area contributed by atoms with Gasteiger partial charge >= 0.3 is 0 Å². The highest BCUT2D eigenvalue weighted by Gasteiger charge is 2.19. The second-order valence-electron chi connectivity index (χ2n) is 6.01. The van der Waals surface area contributed by atoms with Gasteiger partial charge in [0.15, 0.2) is 0 Å². The van der Waals surface area contributed by atoms with E-state index in [4.69, 9.17) is 16.9 Å². The maximum atomic E-state index is 12.6. The molecule has 6 nitrogen and oxygen atoms in total. The Balaban J connectivity index is 1.66. The molecule has 1 N–H and O–H groups in total. The number of benzene rings is 1. The molecule has 3 aromatic rings. The van der Waals surface area contributed by atoms with Crippen LogP contribution in [0.1, 0.15) is 21.7 Å². The number of hydrogen-bond donors (Lipinski definition) is 1. The highest BCUT2D eigenvalue weighted by molar-refractivity contribution is 7.21. The Morgan fingerprint density at radius 3 is 2.79 bits per heavy atom. The van der Waals surface area contributed by atoms with Gasteiger partial charge in [-0.2, -0.15) is 5.26 Å². The Bertz CT molecular complexity index is 1030. The van der Waals surface area contributed by atoms with Crippen molar-refractivity contribution < 1.29 is 9.59 Å². The zero-order chi connectivity index (χ0) is 19.9. The molecule has 0 unspecified atom stereocenters. The van der Waals surface area contributed by atoms with Crippen LogP contribution >= 0.6 is 22.9 Å². The first-order valence-electron chi connectivity index (χ1n) is 8.59. The first-order chi connectivity index (χ1) is 13.6. The summed E-state index contributed by atoms with van der Waals surface area (Å²) in [6, 6.07) is 13.2. The lowest BCUT2D eigenvalue weighted by molar-refractivity contribution is -0.130. The third kappa shape index (κ3) is 4.66. The number of thiophene rings is 1. The summed E-state index contributed by atoms with van der Waals surface area (Å²) >= 11 is 7.61. The third-order valence-corrected chi connectivity index (χ3v) is 5.76. The highest BCUT2D eigenvalue weighted by Crippen LogP contribution is 2.34. The number of fused-ring (bicyclic) bond motifs is 1. The average molecular weight is 413 g/mol. The molecule has 0 bridgehead atoms. The molecular formula is C20H17ClN4O2S. The Morgan fingerprint density at radius 1 is 1.25 bits per heavy atom. The summed E-state index contributed by atoms with van der Waals surface area (Å²) < 4.78 is 0.913. The van der Waals surface area contributed by atoms with Crippen LogP contribution in [-0.4, -0.2) is 34.8 Å². The second kappa shape index (κ2) is 9.31. The molecule has 0 aliphatic rings. The van der Waals surface area contributed by atoms with Gasteiger partial charge < -0.3 is 10.2 Å². The fourth-order valence-electron chi connectivity index (χ4n) is 2.70. The molecular weight excluding hydrogens is 396 g/mol. The maximum Gasteiger partial charge on any atom is 0.263 e. The molecule has 0 radical (unpaired) electrons. The number of rotatable bonds is 7. The van der Waals surface area contributed by atoms with Crippen LogP contribution in [0.15, 0.2) is 48.8 Å². The summed E-state index contributed by atoms with van der Waals surface area (Å²) in [5.41, 5.74) is 0.854. The molecule has 0 saturated carbocycles. The summed E-state index contributed by atoms with van der Waals surface area (Å²) in [6.07, 6.45) is 3.53. The largest absolute Gasteiger partial charge is 0.342 e. The van der Waals surface area contributed by atoms with Gasteiger partial charge in [-0.05, 0) is 17.7 Å². The Hall–Kier alpha value is -2.95. The van der Waals surface area contributed by atoms with Gasteiger partial charge in [0.25, 0.3) is 5.91 Å². The molecule has 0 aliphatic carbocycles. The highest BCUT2D eigenvalue weighted by atomic mass is 35.5. The molecule has 0 fully saturated rings. The van der Waals surface area contributed by atoms with Gasteiger partial charge in [-0.3, -0.25) is 14.6 Å². The molecule has 0 aliphatic heterocycles. The lowest BCUT2D eigenvalue weighted by Gasteiger charge is -2.21. The molecule has 8 heteroatoms. The number of hydrogen-bond acceptors (Lipinski definition) is 5. The molecule has 142 valence electrons. The fourth-order valence-corrected chi connectivity index (χ4v) is 4.13. The number of nitrogens with zero attached hydrogens (tertiary/aromatic N) is 3. The minimum absolute atomic E-state index is 0.172. The summed E-state index contributed by atoms with van der Waals surface area (Å²) in [7, 11) is 0. The summed E-state index contributed by atoms with van der Waals surface area (Å²) in [5.74, 6) is -0.661. The minimum atomic E-state index is -0.388. The van der Waals surface area contributed by atoms with Crippen molar-refractivity contribution in [2.24, 2.45) is 0 Å². The van der Waals surface area contributed by atoms with Gasteiger partial charge in [-0.1, -0.05) is 35.9 Å². The second-order valence-corrected chi connectivity index (χ2v) is 7.44. The van der Waals surface area contributed by atoms with E-state index in [1.54, 1.807) is 18.5 Å². The van der Waals surface area contributed by atoms with Crippen LogP contribution in [-0.2, 0) is 11.3 Å². The number of pyridine rings is 1. The lowest BCUT2D eigenvalue weighted by Crippen LogP contribution is -2.40. The van der Waals surface area contributed by atoms with E-state index in [-0.39, 0.29) is 31.3 Å².